The third kappa shape index (κ3) is 5.87. The van der Waals surface area contributed by atoms with Gasteiger partial charge in [-0.3, -0.25) is 0 Å². The fraction of sp³-hybridized carbons (Fsp3) is 0.714. The molecule has 0 amide bonds. The average molecular weight is 269 g/mol. The summed E-state index contributed by atoms with van der Waals surface area (Å²) in [6, 6.07) is 0.544. The Kier molecular flexibility index (Phi) is 6.02. The molecule has 4 N–H and O–H groups in total. The van der Waals surface area contributed by atoms with Gasteiger partial charge in [-0.05, 0) is 31.1 Å². The van der Waals surface area contributed by atoms with E-state index in [0.717, 1.165) is 0 Å². The summed E-state index contributed by atoms with van der Waals surface area (Å²) in [5.41, 5.74) is 6.78. The molecule has 1 unspecified atom stereocenters. The van der Waals surface area contributed by atoms with Gasteiger partial charge in [0.1, 0.15) is 0 Å². The molecule has 0 aromatic carbocycles. The van der Waals surface area contributed by atoms with Crippen LogP contribution in [0, 0.1) is 5.41 Å². The van der Waals surface area contributed by atoms with Gasteiger partial charge in [0.2, 0.25) is 0 Å². The summed E-state index contributed by atoms with van der Waals surface area (Å²) in [5.74, 6) is -2.51. The fourth-order valence-corrected chi connectivity index (χ4v) is 2.61. The zero-order valence-corrected chi connectivity index (χ0v) is 11.2. The van der Waals surface area contributed by atoms with Gasteiger partial charge in [0.15, 0.2) is 0 Å². The van der Waals surface area contributed by atoms with Crippen LogP contribution in [0.15, 0.2) is 12.2 Å². The Morgan fingerprint density at radius 1 is 0.947 bits per heavy atom. The fourth-order valence-electron chi connectivity index (χ4n) is 2.61. The van der Waals surface area contributed by atoms with Crippen molar-refractivity contribution in [2.75, 3.05) is 0 Å². The van der Waals surface area contributed by atoms with Crippen LogP contribution in [0.4, 0.5) is 0 Å². The predicted molar refractivity (Wildman–Crippen MR) is 71.8 cm³/mol. The minimum atomic E-state index is -1.26. The van der Waals surface area contributed by atoms with E-state index in [-0.39, 0.29) is 0 Å². The van der Waals surface area contributed by atoms with Crippen molar-refractivity contribution in [2.24, 2.45) is 11.1 Å². The summed E-state index contributed by atoms with van der Waals surface area (Å²) >= 11 is 0. The lowest BCUT2D eigenvalue weighted by atomic mass is 9.85. The number of nitrogens with two attached hydrogens (primary N) is 1. The van der Waals surface area contributed by atoms with E-state index < -0.39 is 11.9 Å². The molecule has 5 nitrogen and oxygen atoms in total. The van der Waals surface area contributed by atoms with Gasteiger partial charge in [-0.1, -0.05) is 25.7 Å². The normalized spacial score (nSPS) is 25.0. The molecule has 108 valence electrons. The highest BCUT2D eigenvalue weighted by Crippen LogP contribution is 2.53. The minimum Gasteiger partial charge on any atom is -0.478 e. The molecule has 2 fully saturated rings. The molecule has 0 saturated heterocycles. The molecule has 2 aliphatic rings. The Morgan fingerprint density at radius 2 is 1.47 bits per heavy atom. The lowest BCUT2D eigenvalue weighted by Gasteiger charge is -2.25. The van der Waals surface area contributed by atoms with Crippen LogP contribution in [0.25, 0.3) is 0 Å². The van der Waals surface area contributed by atoms with E-state index in [9.17, 15) is 9.59 Å². The molecule has 2 saturated carbocycles. The second-order valence-corrected chi connectivity index (χ2v) is 5.43. The molecule has 2 rings (SSSR count). The number of aliphatic carboxylic acids is 2. The Hall–Kier alpha value is -1.36. The molecule has 19 heavy (non-hydrogen) atoms. The standard InChI is InChI=1S/C10H19N.C4H4O4/c11-9-5-3-1-2-4-6-10(9)7-8-10;5-3(6)1-2-4(7)8/h9H,1-8,11H2;1-2H,(H,5,6)(H,7,8). The van der Waals surface area contributed by atoms with Crippen LogP contribution in [0.3, 0.4) is 0 Å². The first-order chi connectivity index (χ1) is 8.96. The van der Waals surface area contributed by atoms with E-state index >= 15 is 0 Å². The number of carboxylic acid groups (broad SMARTS) is 2. The highest BCUT2D eigenvalue weighted by molar-refractivity contribution is 5.89. The maximum absolute atomic E-state index is 9.55. The predicted octanol–water partition coefficient (Wildman–Crippen LogP) is 2.16. The van der Waals surface area contributed by atoms with Gasteiger partial charge in [-0.15, -0.1) is 0 Å². The van der Waals surface area contributed by atoms with Crippen LogP contribution in [0.1, 0.15) is 51.4 Å². The quantitative estimate of drug-likeness (QED) is 0.667. The van der Waals surface area contributed by atoms with Gasteiger partial charge in [0, 0.05) is 18.2 Å². The Balaban J connectivity index is 0.000000203. The molecule has 0 radical (unpaired) electrons. The highest BCUT2D eigenvalue weighted by Gasteiger charge is 2.46. The van der Waals surface area contributed by atoms with Crippen molar-refractivity contribution in [1.82, 2.24) is 0 Å². The SMILES string of the molecule is NC1CCCCCCC12CC2.O=C(O)C=CC(=O)O. The Morgan fingerprint density at radius 3 is 1.95 bits per heavy atom. The lowest BCUT2D eigenvalue weighted by Crippen LogP contribution is -2.32. The largest absolute Gasteiger partial charge is 0.478 e. The van der Waals surface area contributed by atoms with Gasteiger partial charge in [-0.25, -0.2) is 9.59 Å². The van der Waals surface area contributed by atoms with Crippen LogP contribution in [0.5, 0.6) is 0 Å². The molecule has 1 spiro atoms. The molecule has 0 heterocycles. The van der Waals surface area contributed by atoms with Gasteiger partial charge in [0.25, 0.3) is 0 Å². The number of rotatable bonds is 2. The Labute approximate surface area is 113 Å². The van der Waals surface area contributed by atoms with Gasteiger partial charge >= 0.3 is 11.9 Å². The third-order valence-electron chi connectivity index (χ3n) is 3.99. The van der Waals surface area contributed by atoms with Crippen molar-refractivity contribution in [1.29, 1.82) is 0 Å². The van der Waals surface area contributed by atoms with Crippen LogP contribution >= 0.6 is 0 Å². The van der Waals surface area contributed by atoms with Gasteiger partial charge in [0.05, 0.1) is 0 Å². The molecule has 2 aliphatic carbocycles. The maximum atomic E-state index is 9.55. The zero-order chi connectivity index (χ0) is 14.3. The summed E-state index contributed by atoms with van der Waals surface area (Å²) in [7, 11) is 0. The first kappa shape index (κ1) is 15.7. The summed E-state index contributed by atoms with van der Waals surface area (Å²) in [5, 5.41) is 15.6. The molecule has 0 bridgehead atoms. The van der Waals surface area contributed by atoms with Gasteiger partial charge in [-0.2, -0.15) is 0 Å². The molecule has 0 aromatic heterocycles. The second kappa shape index (κ2) is 7.28. The third-order valence-corrected chi connectivity index (χ3v) is 3.99. The summed E-state index contributed by atoms with van der Waals surface area (Å²) < 4.78 is 0. The van der Waals surface area contributed by atoms with Crippen molar-refractivity contribution < 1.29 is 19.8 Å². The Bertz CT molecular complexity index is 331. The zero-order valence-electron chi connectivity index (χ0n) is 11.2. The number of carboxylic acids is 2. The average Bonchev–Trinajstić information content (AvgIpc) is 3.11. The molecule has 5 heteroatoms. The van der Waals surface area contributed by atoms with Crippen molar-refractivity contribution in [3.63, 3.8) is 0 Å². The molecule has 1 atom stereocenters. The number of carbonyl (C=O) groups is 2. The summed E-state index contributed by atoms with van der Waals surface area (Å²) in [6.07, 6.45) is 12.4. The number of hydrogen-bond acceptors (Lipinski definition) is 3. The van der Waals surface area contributed by atoms with E-state index in [2.05, 4.69) is 0 Å². The van der Waals surface area contributed by atoms with Crippen LogP contribution in [0.2, 0.25) is 0 Å². The summed E-state index contributed by atoms with van der Waals surface area (Å²) in [4.78, 5) is 19.1. The molecular weight excluding hydrogens is 246 g/mol. The van der Waals surface area contributed by atoms with Crippen LogP contribution in [-0.4, -0.2) is 28.2 Å². The van der Waals surface area contributed by atoms with Crippen LogP contribution < -0.4 is 5.73 Å². The lowest BCUT2D eigenvalue weighted by molar-refractivity contribution is -0.134. The molecular formula is C14H23NO4. The first-order valence-electron chi connectivity index (χ1n) is 6.86. The van der Waals surface area contributed by atoms with Crippen LogP contribution in [-0.2, 0) is 9.59 Å². The van der Waals surface area contributed by atoms with E-state index in [4.69, 9.17) is 15.9 Å². The topological polar surface area (TPSA) is 101 Å². The van der Waals surface area contributed by atoms with Crippen molar-refractivity contribution in [3.05, 3.63) is 12.2 Å². The van der Waals surface area contributed by atoms with Crippen molar-refractivity contribution in [2.45, 2.75) is 57.4 Å². The van der Waals surface area contributed by atoms with E-state index in [1.165, 1.54) is 51.4 Å². The second-order valence-electron chi connectivity index (χ2n) is 5.43. The van der Waals surface area contributed by atoms with Gasteiger partial charge < -0.3 is 15.9 Å². The van der Waals surface area contributed by atoms with Crippen molar-refractivity contribution >= 4 is 11.9 Å². The molecule has 0 aliphatic heterocycles. The minimum absolute atomic E-state index is 0.544. The van der Waals surface area contributed by atoms with Crippen molar-refractivity contribution in [3.8, 4) is 0 Å². The first-order valence-corrected chi connectivity index (χ1v) is 6.86. The number of hydrogen-bond donors (Lipinski definition) is 3. The monoisotopic (exact) mass is 269 g/mol. The summed E-state index contributed by atoms with van der Waals surface area (Å²) in [6.45, 7) is 0. The maximum Gasteiger partial charge on any atom is 0.328 e. The molecule has 0 aromatic rings. The van der Waals surface area contributed by atoms with E-state index in [1.807, 2.05) is 0 Å². The smallest absolute Gasteiger partial charge is 0.328 e. The van der Waals surface area contributed by atoms with E-state index in [0.29, 0.717) is 23.6 Å². The highest BCUT2D eigenvalue weighted by atomic mass is 16.4. The van der Waals surface area contributed by atoms with E-state index in [1.54, 1.807) is 0 Å².